The highest BCUT2D eigenvalue weighted by atomic mass is 32.2. The van der Waals surface area contributed by atoms with E-state index in [-0.39, 0.29) is 12.3 Å². The molecule has 3 aliphatic rings. The highest BCUT2D eigenvalue weighted by molar-refractivity contribution is 7.99. The van der Waals surface area contributed by atoms with Crippen molar-refractivity contribution in [1.29, 1.82) is 0 Å². The Bertz CT molecular complexity index is 3390. The minimum atomic E-state index is -0.104. The van der Waals surface area contributed by atoms with Gasteiger partial charge in [-0.3, -0.25) is 0 Å². The zero-order chi connectivity index (χ0) is 38.4. The second-order valence-electron chi connectivity index (χ2n) is 16.8. The van der Waals surface area contributed by atoms with Gasteiger partial charge in [0.25, 0.3) is 0 Å². The fraction of sp³-hybridized carbons (Fsp3) is 0.0769. The molecule has 0 unspecified atom stereocenters. The molecule has 0 atom stereocenters. The van der Waals surface area contributed by atoms with Gasteiger partial charge in [0, 0.05) is 58.5 Å². The number of hydrogen-bond donors (Lipinski definition) is 0. The molecule has 0 bridgehead atoms. The number of furan rings is 1. The van der Waals surface area contributed by atoms with Crippen LogP contribution in [0.2, 0.25) is 0 Å². The molecule has 274 valence electrons. The number of fused-ring (bicyclic) bond motifs is 13. The lowest BCUT2D eigenvalue weighted by Gasteiger charge is -2.48. The summed E-state index contributed by atoms with van der Waals surface area (Å²) in [6.07, 6.45) is 0. The number of para-hydroxylation sites is 3. The van der Waals surface area contributed by atoms with Crippen LogP contribution in [0.3, 0.4) is 0 Å². The summed E-state index contributed by atoms with van der Waals surface area (Å²) < 4.78 is 9.37. The molecule has 0 spiro atoms. The van der Waals surface area contributed by atoms with Gasteiger partial charge in [-0.05, 0) is 93.7 Å². The van der Waals surface area contributed by atoms with E-state index < -0.39 is 0 Å². The van der Waals surface area contributed by atoms with Crippen LogP contribution in [0.1, 0.15) is 26.3 Å². The molecule has 5 heterocycles. The van der Waals surface area contributed by atoms with E-state index in [0.29, 0.717) is 0 Å². The van der Waals surface area contributed by atoms with E-state index in [0.717, 1.165) is 21.9 Å². The molecule has 6 heteroatoms. The van der Waals surface area contributed by atoms with Gasteiger partial charge < -0.3 is 14.1 Å². The summed E-state index contributed by atoms with van der Waals surface area (Å²) in [5.74, 6) is 0. The number of benzene rings is 8. The van der Waals surface area contributed by atoms with E-state index in [1.165, 1.54) is 97.1 Å². The smallest absolute Gasteiger partial charge is 0.333 e. The summed E-state index contributed by atoms with van der Waals surface area (Å²) in [4.78, 5) is 7.86. The van der Waals surface area contributed by atoms with Gasteiger partial charge in [0.1, 0.15) is 11.2 Å². The second-order valence-corrected chi connectivity index (χ2v) is 19.0. The van der Waals surface area contributed by atoms with Crippen LogP contribution in [0.4, 0.5) is 28.4 Å². The molecule has 0 N–H and O–H groups in total. The lowest BCUT2D eigenvalue weighted by atomic mass is 9.43. The average molecular weight is 779 g/mol. The van der Waals surface area contributed by atoms with Crippen LogP contribution < -0.4 is 20.6 Å². The predicted octanol–water partition coefficient (Wildman–Crippen LogP) is 14.1. The summed E-state index contributed by atoms with van der Waals surface area (Å²) in [6.45, 7) is 6.83. The molecular formula is C52H35BN2OS2. The van der Waals surface area contributed by atoms with Crippen molar-refractivity contribution in [1.82, 2.24) is 0 Å². The predicted molar refractivity (Wildman–Crippen MR) is 249 cm³/mol. The van der Waals surface area contributed by atoms with Crippen molar-refractivity contribution in [3.8, 4) is 22.3 Å². The molecule has 10 aromatic rings. The monoisotopic (exact) mass is 778 g/mol. The third-order valence-corrected chi connectivity index (χ3v) is 14.9. The van der Waals surface area contributed by atoms with Crippen LogP contribution in [0.5, 0.6) is 0 Å². The summed E-state index contributed by atoms with van der Waals surface area (Å²) in [7, 11) is 0. The molecule has 3 aliphatic heterocycles. The van der Waals surface area contributed by atoms with Crippen LogP contribution in [0.15, 0.2) is 172 Å². The van der Waals surface area contributed by atoms with Gasteiger partial charge in [-0.15, -0.1) is 11.3 Å². The van der Waals surface area contributed by atoms with E-state index >= 15 is 0 Å². The van der Waals surface area contributed by atoms with Crippen LogP contribution in [-0.4, -0.2) is 6.85 Å². The molecule has 0 amide bonds. The molecule has 2 aromatic heterocycles. The number of nitrogens with zero attached hydrogens (tertiary/aromatic N) is 2. The summed E-state index contributed by atoms with van der Waals surface area (Å²) in [6, 6.07) is 58.8. The molecule has 3 nitrogen and oxygen atoms in total. The van der Waals surface area contributed by atoms with Crippen molar-refractivity contribution in [3.63, 3.8) is 0 Å². The third kappa shape index (κ3) is 4.42. The Hall–Kier alpha value is -6.21. The maximum Gasteiger partial charge on any atom is 0.333 e. The van der Waals surface area contributed by atoms with Crippen LogP contribution >= 0.6 is 23.1 Å². The normalized spacial score (nSPS) is 13.9. The fourth-order valence-corrected chi connectivity index (χ4v) is 12.3. The first-order valence-electron chi connectivity index (χ1n) is 20.0. The second kappa shape index (κ2) is 11.7. The number of thiophene rings is 1. The Balaban J connectivity index is 1.25. The molecule has 0 aliphatic carbocycles. The first-order chi connectivity index (χ1) is 28.4. The largest absolute Gasteiger partial charge is 0.456 e. The lowest BCUT2D eigenvalue weighted by molar-refractivity contribution is 0.590. The minimum Gasteiger partial charge on any atom is -0.456 e. The summed E-state index contributed by atoms with van der Waals surface area (Å²) in [5.41, 5.74) is 16.9. The Morgan fingerprint density at radius 3 is 2.19 bits per heavy atom. The zero-order valence-electron chi connectivity index (χ0n) is 32.2. The van der Waals surface area contributed by atoms with E-state index in [1.807, 2.05) is 23.1 Å². The van der Waals surface area contributed by atoms with Gasteiger partial charge in [-0.2, -0.15) is 0 Å². The third-order valence-electron chi connectivity index (χ3n) is 12.6. The van der Waals surface area contributed by atoms with E-state index in [1.54, 1.807) is 0 Å². The molecule has 0 saturated carbocycles. The fourth-order valence-electron chi connectivity index (χ4n) is 9.93. The SMILES string of the molecule is CC(C)(C)c1ccc(N2c3cc4c(cc3B3c5c(cc6c(sc7ccccc76)c52)-c2cccc5c2N3c2ccccc2S5)oc2ccccc24)c(-c2ccccc2)c1. The average Bonchev–Trinajstić information content (AvgIpc) is 3.81. The maximum atomic E-state index is 6.75. The zero-order valence-corrected chi connectivity index (χ0v) is 33.8. The molecule has 0 fully saturated rings. The van der Waals surface area contributed by atoms with Gasteiger partial charge in [0.05, 0.1) is 21.8 Å². The number of anilines is 5. The Morgan fingerprint density at radius 1 is 0.534 bits per heavy atom. The van der Waals surface area contributed by atoms with Gasteiger partial charge in [-0.1, -0.05) is 130 Å². The molecule has 13 rings (SSSR count). The van der Waals surface area contributed by atoms with Crippen molar-refractivity contribution in [2.24, 2.45) is 0 Å². The lowest BCUT2D eigenvalue weighted by Crippen LogP contribution is -2.62. The van der Waals surface area contributed by atoms with Crippen molar-refractivity contribution in [2.75, 3.05) is 9.71 Å². The van der Waals surface area contributed by atoms with E-state index in [2.05, 4.69) is 188 Å². The molecule has 58 heavy (non-hydrogen) atoms. The van der Waals surface area contributed by atoms with Gasteiger partial charge in [-0.25, -0.2) is 0 Å². The highest BCUT2D eigenvalue weighted by Gasteiger charge is 2.49. The molecule has 8 aromatic carbocycles. The first kappa shape index (κ1) is 32.8. The molecular weight excluding hydrogens is 744 g/mol. The first-order valence-corrected chi connectivity index (χ1v) is 21.7. The van der Waals surface area contributed by atoms with E-state index in [9.17, 15) is 0 Å². The highest BCUT2D eigenvalue weighted by Crippen LogP contribution is 2.58. The standard InChI is InChI=1S/C52H35BN2OS2/c1-52(2,3)31-24-25-40(35(26-31)30-14-5-4-6-15-30)54-42-28-36-32-16-7-10-20-43(32)56-44(36)29-39(42)53-48-37(27-38-33-17-8-11-21-45(33)58-51(38)50(48)54)34-18-13-23-47-49(34)55(53)41-19-9-12-22-46(41)57-47/h4-29H,1-3H3. The molecule has 0 radical (unpaired) electrons. The number of rotatable bonds is 2. The van der Waals surface area contributed by atoms with E-state index in [4.69, 9.17) is 4.42 Å². The van der Waals surface area contributed by atoms with Crippen LogP contribution in [0.25, 0.3) is 64.4 Å². The van der Waals surface area contributed by atoms with Crippen LogP contribution in [0, 0.1) is 0 Å². The van der Waals surface area contributed by atoms with Gasteiger partial charge in [0.15, 0.2) is 0 Å². The topological polar surface area (TPSA) is 19.6 Å². The van der Waals surface area contributed by atoms with Crippen molar-refractivity contribution in [2.45, 2.75) is 36.0 Å². The molecule has 0 saturated heterocycles. The summed E-state index contributed by atoms with van der Waals surface area (Å²) >= 11 is 3.81. The van der Waals surface area contributed by atoms with Crippen molar-refractivity contribution >= 4 is 111 Å². The van der Waals surface area contributed by atoms with Gasteiger partial charge >= 0.3 is 6.85 Å². The Labute approximate surface area is 345 Å². The minimum absolute atomic E-state index is 0.0272. The maximum absolute atomic E-state index is 6.75. The van der Waals surface area contributed by atoms with Crippen LogP contribution in [-0.2, 0) is 5.41 Å². The summed E-state index contributed by atoms with van der Waals surface area (Å²) in [5, 5.41) is 4.87. The van der Waals surface area contributed by atoms with Crippen molar-refractivity contribution in [3.05, 3.63) is 163 Å². The Kier molecular flexibility index (Phi) is 6.62. The quantitative estimate of drug-likeness (QED) is 0.163. The number of hydrogen-bond acceptors (Lipinski definition) is 5. The van der Waals surface area contributed by atoms with Crippen molar-refractivity contribution < 1.29 is 4.42 Å². The Morgan fingerprint density at radius 2 is 1.31 bits per heavy atom. The van der Waals surface area contributed by atoms with Gasteiger partial charge in [0.2, 0.25) is 0 Å².